The summed E-state index contributed by atoms with van der Waals surface area (Å²) in [6.45, 7) is 4.59. The van der Waals surface area contributed by atoms with E-state index in [1.165, 1.54) is 7.11 Å². The highest BCUT2D eigenvalue weighted by Gasteiger charge is 2.35. The second kappa shape index (κ2) is 9.90. The van der Waals surface area contributed by atoms with E-state index in [1.54, 1.807) is 30.2 Å². The van der Waals surface area contributed by atoms with Crippen LogP contribution in [-0.4, -0.2) is 59.0 Å². The van der Waals surface area contributed by atoms with Crippen LogP contribution in [0.25, 0.3) is 0 Å². The van der Waals surface area contributed by atoms with Crippen LogP contribution in [0.4, 0.5) is 0 Å². The maximum absolute atomic E-state index is 13.5. The summed E-state index contributed by atoms with van der Waals surface area (Å²) in [5.74, 6) is 0.816. The zero-order valence-electron chi connectivity index (χ0n) is 19.1. The van der Waals surface area contributed by atoms with Gasteiger partial charge in [-0.2, -0.15) is 0 Å². The van der Waals surface area contributed by atoms with E-state index in [-0.39, 0.29) is 30.4 Å². The van der Waals surface area contributed by atoms with Crippen LogP contribution in [-0.2, 0) is 18.4 Å². The molecule has 0 aliphatic heterocycles. The highest BCUT2D eigenvalue weighted by Crippen LogP contribution is 2.30. The van der Waals surface area contributed by atoms with E-state index < -0.39 is 0 Å². The van der Waals surface area contributed by atoms with Gasteiger partial charge in [0.2, 0.25) is 5.91 Å². The predicted molar refractivity (Wildman–Crippen MR) is 119 cm³/mol. The van der Waals surface area contributed by atoms with Gasteiger partial charge in [-0.05, 0) is 50.5 Å². The Balaban J connectivity index is 1.83. The van der Waals surface area contributed by atoms with E-state index >= 15 is 0 Å². The number of amides is 2. The number of ether oxygens (including phenoxy) is 2. The smallest absolute Gasteiger partial charge is 0.258 e. The highest BCUT2D eigenvalue weighted by atomic mass is 16.5. The summed E-state index contributed by atoms with van der Waals surface area (Å²) in [6.07, 6.45) is 4.76. The second-order valence-electron chi connectivity index (χ2n) is 8.12. The molecule has 1 heterocycles. The maximum atomic E-state index is 13.5. The fourth-order valence-electron chi connectivity index (χ4n) is 3.66. The van der Waals surface area contributed by atoms with Crippen LogP contribution in [0.5, 0.6) is 11.5 Å². The van der Waals surface area contributed by atoms with Gasteiger partial charge in [0.05, 0.1) is 26.3 Å². The summed E-state index contributed by atoms with van der Waals surface area (Å²) in [4.78, 5) is 30.4. The first-order chi connectivity index (χ1) is 14.9. The van der Waals surface area contributed by atoms with E-state index in [4.69, 9.17) is 9.47 Å². The van der Waals surface area contributed by atoms with Gasteiger partial charge in [0.15, 0.2) is 0 Å². The Labute approximate surface area is 184 Å². The number of nitrogens with zero attached hydrogens (tertiary/aromatic N) is 3. The van der Waals surface area contributed by atoms with Crippen LogP contribution in [0, 0.1) is 0 Å². The molecule has 3 rings (SSSR count). The third-order valence-electron chi connectivity index (χ3n) is 6.02. The highest BCUT2D eigenvalue weighted by molar-refractivity contribution is 5.99. The molecule has 0 N–H and O–H groups in total. The molecule has 1 fully saturated rings. The number of aromatic nitrogens is 1. The first kappa shape index (κ1) is 22.7. The molecule has 0 saturated heterocycles. The fraction of sp³-hybridized carbons (Fsp3) is 0.500. The number of carbonyl (C=O) groups excluding carboxylic acids is 2. The lowest BCUT2D eigenvalue weighted by atomic mass is 10.1. The third kappa shape index (κ3) is 5.21. The SMILES string of the molecule is CCC(C)N(CC(=O)N(Cc1cccn1C)C1CC1)C(=O)c1ccc(OC)cc1OC. The number of hydrogen-bond acceptors (Lipinski definition) is 4. The van der Waals surface area contributed by atoms with Crippen LogP contribution in [0.3, 0.4) is 0 Å². The molecule has 1 saturated carbocycles. The molecule has 31 heavy (non-hydrogen) atoms. The van der Waals surface area contributed by atoms with Crippen LogP contribution >= 0.6 is 0 Å². The van der Waals surface area contributed by atoms with Crippen molar-refractivity contribution in [1.29, 1.82) is 0 Å². The Hall–Kier alpha value is -2.96. The van der Waals surface area contributed by atoms with E-state index in [0.29, 0.717) is 23.6 Å². The first-order valence-corrected chi connectivity index (χ1v) is 10.8. The molecule has 1 unspecified atom stereocenters. The molecule has 0 radical (unpaired) electrons. The van der Waals surface area contributed by atoms with Gasteiger partial charge in [-0.25, -0.2) is 0 Å². The van der Waals surface area contributed by atoms with Crippen molar-refractivity contribution >= 4 is 11.8 Å². The van der Waals surface area contributed by atoms with Crippen LogP contribution in [0.15, 0.2) is 36.5 Å². The third-order valence-corrected chi connectivity index (χ3v) is 6.02. The van der Waals surface area contributed by atoms with Crippen LogP contribution in [0.2, 0.25) is 0 Å². The number of rotatable bonds is 10. The van der Waals surface area contributed by atoms with E-state index in [2.05, 4.69) is 0 Å². The molecule has 168 valence electrons. The molecule has 1 atom stereocenters. The summed E-state index contributed by atoms with van der Waals surface area (Å²) in [6, 6.07) is 9.31. The lowest BCUT2D eigenvalue weighted by molar-refractivity contribution is -0.133. The van der Waals surface area contributed by atoms with Gasteiger partial charge >= 0.3 is 0 Å². The van der Waals surface area contributed by atoms with E-state index in [1.807, 2.05) is 48.7 Å². The first-order valence-electron chi connectivity index (χ1n) is 10.8. The second-order valence-corrected chi connectivity index (χ2v) is 8.12. The predicted octanol–water partition coefficient (Wildman–Crippen LogP) is 3.47. The van der Waals surface area contributed by atoms with Gasteiger partial charge in [0.25, 0.3) is 5.91 Å². The fourth-order valence-corrected chi connectivity index (χ4v) is 3.66. The van der Waals surface area contributed by atoms with Crippen molar-refractivity contribution in [1.82, 2.24) is 14.4 Å². The lowest BCUT2D eigenvalue weighted by Gasteiger charge is -2.32. The molecular formula is C24H33N3O4. The van der Waals surface area contributed by atoms with Crippen molar-refractivity contribution in [3.05, 3.63) is 47.8 Å². The monoisotopic (exact) mass is 427 g/mol. The Kier molecular flexibility index (Phi) is 7.25. The minimum absolute atomic E-state index is 0.0233. The van der Waals surface area contributed by atoms with Crippen molar-refractivity contribution in [2.45, 2.75) is 51.7 Å². The number of aryl methyl sites for hydroxylation is 1. The average molecular weight is 428 g/mol. The molecule has 1 aliphatic rings. The van der Waals surface area contributed by atoms with Gasteiger partial charge < -0.3 is 23.8 Å². The molecule has 1 aliphatic carbocycles. The Bertz CT molecular complexity index is 919. The Morgan fingerprint density at radius 1 is 1.19 bits per heavy atom. The molecule has 1 aromatic carbocycles. The number of hydrogen-bond donors (Lipinski definition) is 0. The van der Waals surface area contributed by atoms with Crippen molar-refractivity contribution in [2.24, 2.45) is 7.05 Å². The van der Waals surface area contributed by atoms with Crippen LogP contribution < -0.4 is 9.47 Å². The van der Waals surface area contributed by atoms with Gasteiger partial charge in [-0.1, -0.05) is 6.92 Å². The zero-order valence-corrected chi connectivity index (χ0v) is 19.1. The van der Waals surface area contributed by atoms with Crippen molar-refractivity contribution < 1.29 is 19.1 Å². The van der Waals surface area contributed by atoms with Gasteiger partial charge in [0.1, 0.15) is 18.0 Å². The molecule has 1 aromatic heterocycles. The average Bonchev–Trinajstić information content (AvgIpc) is 3.55. The van der Waals surface area contributed by atoms with Crippen molar-refractivity contribution in [2.75, 3.05) is 20.8 Å². The standard InChI is InChI=1S/C24H33N3O4/c1-6-17(2)26(24(29)21-12-11-20(30-4)14-22(21)31-5)16-23(28)27(18-9-10-18)15-19-8-7-13-25(19)3/h7-8,11-14,17-18H,6,9-10,15-16H2,1-5H3. The summed E-state index contributed by atoms with van der Waals surface area (Å²) in [5, 5.41) is 0. The molecule has 0 bridgehead atoms. The lowest BCUT2D eigenvalue weighted by Crippen LogP contribution is -2.47. The molecule has 7 heteroatoms. The Morgan fingerprint density at radius 3 is 2.48 bits per heavy atom. The van der Waals surface area contributed by atoms with Gasteiger partial charge in [0, 0.05) is 37.1 Å². The largest absolute Gasteiger partial charge is 0.497 e. The zero-order chi connectivity index (χ0) is 22.5. The maximum Gasteiger partial charge on any atom is 0.258 e. The summed E-state index contributed by atoms with van der Waals surface area (Å²) in [5.41, 5.74) is 1.51. The topological polar surface area (TPSA) is 64.0 Å². The normalized spacial score (nSPS) is 14.1. The van der Waals surface area contributed by atoms with Crippen LogP contribution in [0.1, 0.15) is 49.2 Å². The van der Waals surface area contributed by atoms with Crippen molar-refractivity contribution in [3.63, 3.8) is 0 Å². The minimum atomic E-state index is -0.211. The summed E-state index contributed by atoms with van der Waals surface area (Å²) in [7, 11) is 5.08. The number of carbonyl (C=O) groups is 2. The number of methoxy groups -OCH3 is 2. The van der Waals surface area contributed by atoms with Gasteiger partial charge in [-0.15, -0.1) is 0 Å². The summed E-state index contributed by atoms with van der Waals surface area (Å²) < 4.78 is 12.7. The van der Waals surface area contributed by atoms with E-state index in [9.17, 15) is 9.59 Å². The molecule has 2 aromatic rings. The minimum Gasteiger partial charge on any atom is -0.497 e. The molecule has 2 amide bonds. The molecular weight excluding hydrogens is 394 g/mol. The van der Waals surface area contributed by atoms with Crippen molar-refractivity contribution in [3.8, 4) is 11.5 Å². The van der Waals surface area contributed by atoms with Gasteiger partial charge in [-0.3, -0.25) is 9.59 Å². The Morgan fingerprint density at radius 2 is 1.94 bits per heavy atom. The molecule has 0 spiro atoms. The number of benzene rings is 1. The van der Waals surface area contributed by atoms with E-state index in [0.717, 1.165) is 25.0 Å². The quantitative estimate of drug-likeness (QED) is 0.582. The molecule has 7 nitrogen and oxygen atoms in total. The summed E-state index contributed by atoms with van der Waals surface area (Å²) >= 11 is 0.